The third-order valence-corrected chi connectivity index (χ3v) is 6.93. The molecule has 0 unspecified atom stereocenters. The van der Waals surface area contributed by atoms with Gasteiger partial charge >= 0.3 is 0 Å². The van der Waals surface area contributed by atoms with E-state index in [1.165, 1.54) is 24.0 Å². The van der Waals surface area contributed by atoms with Crippen molar-refractivity contribution in [2.24, 2.45) is 13.0 Å². The van der Waals surface area contributed by atoms with E-state index in [9.17, 15) is 0 Å². The molecule has 1 heterocycles. The van der Waals surface area contributed by atoms with E-state index in [4.69, 9.17) is 4.74 Å². The first kappa shape index (κ1) is 23.9. The van der Waals surface area contributed by atoms with E-state index in [0.29, 0.717) is 11.8 Å². The van der Waals surface area contributed by atoms with Crippen molar-refractivity contribution in [2.75, 3.05) is 5.32 Å². The molecular formula is C30H39N3O. The van der Waals surface area contributed by atoms with Crippen LogP contribution in [-0.2, 0) is 7.05 Å². The zero-order chi connectivity index (χ0) is 24.1. The van der Waals surface area contributed by atoms with E-state index in [2.05, 4.69) is 91.9 Å². The smallest absolute Gasteiger partial charge is 0.138 e. The van der Waals surface area contributed by atoms with Crippen LogP contribution in [0.15, 0.2) is 79.8 Å². The second-order valence-corrected chi connectivity index (χ2v) is 9.67. The molecule has 180 valence electrons. The van der Waals surface area contributed by atoms with Crippen LogP contribution in [0.3, 0.4) is 0 Å². The highest BCUT2D eigenvalue weighted by Crippen LogP contribution is 2.32. The Labute approximate surface area is 205 Å². The fourth-order valence-corrected chi connectivity index (χ4v) is 5.01. The Morgan fingerprint density at radius 1 is 1.24 bits per heavy atom. The van der Waals surface area contributed by atoms with Crippen LogP contribution < -0.4 is 10.1 Å². The molecule has 0 bridgehead atoms. The quantitative estimate of drug-likeness (QED) is 0.332. The molecule has 2 aromatic carbocycles. The number of rotatable bonds is 9. The number of hydrogen-bond donors (Lipinski definition) is 1. The number of hydrogen-bond acceptors (Lipinski definition) is 3. The van der Waals surface area contributed by atoms with Crippen LogP contribution in [0.1, 0.15) is 57.5 Å². The molecule has 1 aromatic heterocycles. The average molecular weight is 458 g/mol. The van der Waals surface area contributed by atoms with Gasteiger partial charge in [0.15, 0.2) is 0 Å². The number of nitrogens with zero attached hydrogens (tertiary/aromatic N) is 2. The van der Waals surface area contributed by atoms with Crippen LogP contribution >= 0.6 is 0 Å². The van der Waals surface area contributed by atoms with Crippen molar-refractivity contribution < 1.29 is 6.16 Å². The van der Waals surface area contributed by atoms with Crippen molar-refractivity contribution in [3.63, 3.8) is 0 Å². The maximum Gasteiger partial charge on any atom is 0.138 e. The van der Waals surface area contributed by atoms with E-state index in [1.54, 1.807) is 0 Å². The molecule has 0 amide bonds. The summed E-state index contributed by atoms with van der Waals surface area (Å²) in [4.78, 5) is 4.66. The summed E-state index contributed by atoms with van der Waals surface area (Å²) >= 11 is 0. The minimum absolute atomic E-state index is 0. The van der Waals surface area contributed by atoms with Crippen molar-refractivity contribution in [1.82, 2.24) is 9.55 Å². The number of allylic oxidation sites excluding steroid dienone is 2. The van der Waals surface area contributed by atoms with Crippen LogP contribution in [0, 0.1) is 12.8 Å². The molecule has 1 aliphatic carbocycles. The molecule has 0 radical (unpaired) electrons. The zero-order valence-electron chi connectivity index (χ0n) is 20.8. The monoisotopic (exact) mass is 457 g/mol. The van der Waals surface area contributed by atoms with Gasteiger partial charge in [-0.3, -0.25) is 0 Å². The minimum Gasteiger partial charge on any atom is -0.490 e. The van der Waals surface area contributed by atoms with E-state index in [0.717, 1.165) is 47.8 Å². The summed E-state index contributed by atoms with van der Waals surface area (Å²) in [6.07, 6.45) is 9.65. The first-order chi connectivity index (χ1) is 16.4. The Morgan fingerprint density at radius 2 is 2.00 bits per heavy atom. The number of benzene rings is 2. The van der Waals surface area contributed by atoms with Crippen LogP contribution in [-0.4, -0.2) is 15.7 Å². The van der Waals surface area contributed by atoms with Crippen molar-refractivity contribution >= 4 is 5.82 Å². The summed E-state index contributed by atoms with van der Waals surface area (Å²) < 4.78 is 8.29. The molecule has 4 rings (SSSR count). The summed E-state index contributed by atoms with van der Waals surface area (Å²) in [7, 11) is 2.01. The van der Waals surface area contributed by atoms with Gasteiger partial charge in [0.2, 0.25) is 0 Å². The van der Waals surface area contributed by atoms with Gasteiger partial charge < -0.3 is 14.6 Å². The van der Waals surface area contributed by atoms with Gasteiger partial charge in [-0.25, -0.2) is 4.98 Å². The molecule has 0 saturated heterocycles. The molecule has 0 aliphatic heterocycles. The van der Waals surface area contributed by atoms with Crippen LogP contribution in [0.25, 0.3) is 11.3 Å². The Bertz CT molecular complexity index is 1130. The summed E-state index contributed by atoms with van der Waals surface area (Å²) in [6, 6.07) is 16.9. The first-order valence-electron chi connectivity index (χ1n) is 12.4. The lowest BCUT2D eigenvalue weighted by Crippen LogP contribution is -2.24. The highest BCUT2D eigenvalue weighted by Gasteiger charge is 2.21. The normalized spacial score (nSPS) is 18.8. The molecule has 34 heavy (non-hydrogen) atoms. The zero-order valence-corrected chi connectivity index (χ0v) is 20.8. The van der Waals surface area contributed by atoms with Crippen LogP contribution in [0.2, 0.25) is 0 Å². The fourth-order valence-electron chi connectivity index (χ4n) is 5.01. The third kappa shape index (κ3) is 5.61. The molecule has 4 nitrogen and oxygen atoms in total. The maximum atomic E-state index is 6.27. The lowest BCUT2D eigenvalue weighted by molar-refractivity contribution is 0.137. The molecular weight excluding hydrogens is 418 g/mol. The van der Waals surface area contributed by atoms with Crippen molar-refractivity contribution in [2.45, 2.75) is 58.0 Å². The summed E-state index contributed by atoms with van der Waals surface area (Å²) in [6.45, 7) is 12.7. The van der Waals surface area contributed by atoms with Gasteiger partial charge in [-0.1, -0.05) is 43.8 Å². The fraction of sp³-hybridized carbons (Fsp3) is 0.367. The Morgan fingerprint density at radius 3 is 2.74 bits per heavy atom. The predicted octanol–water partition coefficient (Wildman–Crippen LogP) is 7.88. The van der Waals surface area contributed by atoms with Gasteiger partial charge in [0, 0.05) is 19.7 Å². The highest BCUT2D eigenvalue weighted by molar-refractivity contribution is 5.73. The Kier molecular flexibility index (Phi) is 7.56. The molecule has 4 heteroatoms. The maximum absolute atomic E-state index is 6.27. The van der Waals surface area contributed by atoms with Gasteiger partial charge in [-0.2, -0.15) is 0 Å². The van der Waals surface area contributed by atoms with Gasteiger partial charge in [-0.15, -0.1) is 6.58 Å². The Balaban J connectivity index is 0.00000342. The van der Waals surface area contributed by atoms with E-state index >= 15 is 0 Å². The van der Waals surface area contributed by atoms with Crippen molar-refractivity contribution in [3.8, 4) is 17.0 Å². The molecule has 1 N–H and O–H groups in total. The number of anilines is 1. The van der Waals surface area contributed by atoms with E-state index < -0.39 is 0 Å². The number of aryl methyl sites for hydroxylation is 2. The topological polar surface area (TPSA) is 39.1 Å². The SMILES string of the molecule is C=C[C@H]1CCC[C@H](Oc2ccc(-c3ncn(C)c3NC(=C)C[C@H](C)c3ccccc3C)cc2)C1.[HH]. The number of imidazole rings is 1. The summed E-state index contributed by atoms with van der Waals surface area (Å²) in [5.41, 5.74) is 5.64. The molecule has 3 atom stereocenters. The summed E-state index contributed by atoms with van der Waals surface area (Å²) in [5, 5.41) is 3.53. The van der Waals surface area contributed by atoms with Crippen LogP contribution in [0.5, 0.6) is 5.75 Å². The molecule has 1 fully saturated rings. The number of nitrogens with one attached hydrogen (secondary N) is 1. The number of aromatic nitrogens is 2. The lowest BCUT2D eigenvalue weighted by atomic mass is 9.87. The average Bonchev–Trinajstić information content (AvgIpc) is 3.19. The highest BCUT2D eigenvalue weighted by atomic mass is 16.5. The largest absolute Gasteiger partial charge is 0.490 e. The lowest BCUT2D eigenvalue weighted by Gasteiger charge is -2.27. The second-order valence-electron chi connectivity index (χ2n) is 9.67. The third-order valence-electron chi connectivity index (χ3n) is 6.93. The van der Waals surface area contributed by atoms with E-state index in [-0.39, 0.29) is 7.53 Å². The van der Waals surface area contributed by atoms with E-state index in [1.807, 2.05) is 17.9 Å². The van der Waals surface area contributed by atoms with Gasteiger partial charge in [-0.05, 0) is 86.3 Å². The van der Waals surface area contributed by atoms with Crippen molar-refractivity contribution in [3.05, 3.63) is 90.9 Å². The molecule has 3 aromatic rings. The van der Waals surface area contributed by atoms with Gasteiger partial charge in [0.1, 0.15) is 17.3 Å². The minimum atomic E-state index is 0. The van der Waals surface area contributed by atoms with Crippen LogP contribution in [0.4, 0.5) is 5.82 Å². The van der Waals surface area contributed by atoms with Crippen molar-refractivity contribution in [1.29, 1.82) is 0 Å². The standard InChI is InChI=1S/C30H37N3O.H2/c1-6-24-11-9-12-27(19-24)34-26-16-14-25(15-17-26)29-30(33(5)20-31-29)32-23(4)18-22(3)28-13-8-7-10-21(28)2;/h6-8,10,13-17,20,22,24,27,32H,1,4,9,11-12,18-19H2,2-3,5H3;1H/t22-,24-,27-;/m0./s1. The summed E-state index contributed by atoms with van der Waals surface area (Å²) in [5.74, 6) is 2.83. The second kappa shape index (κ2) is 10.8. The predicted molar refractivity (Wildman–Crippen MR) is 144 cm³/mol. The van der Waals surface area contributed by atoms with Gasteiger partial charge in [0.25, 0.3) is 0 Å². The van der Waals surface area contributed by atoms with Gasteiger partial charge in [0.05, 0.1) is 12.4 Å². The molecule has 1 saturated carbocycles. The number of ether oxygens (including phenoxy) is 1. The molecule has 0 spiro atoms. The Hall–Kier alpha value is -3.27. The first-order valence-corrected chi connectivity index (χ1v) is 12.4. The molecule has 1 aliphatic rings.